The molecule has 1 aliphatic carbocycles. The first-order chi connectivity index (χ1) is 15.3. The summed E-state index contributed by atoms with van der Waals surface area (Å²) in [6, 6.07) is 11.1. The summed E-state index contributed by atoms with van der Waals surface area (Å²) >= 11 is 5.77. The van der Waals surface area contributed by atoms with E-state index in [9.17, 15) is 23.9 Å². The lowest BCUT2D eigenvalue weighted by atomic mass is 10.1. The van der Waals surface area contributed by atoms with E-state index in [1.54, 1.807) is 22.9 Å². The minimum absolute atomic E-state index is 0.00689. The van der Waals surface area contributed by atoms with E-state index in [1.807, 2.05) is 6.07 Å². The number of carboxylic acid groups (broad SMARTS) is 1. The van der Waals surface area contributed by atoms with Crippen molar-refractivity contribution in [1.29, 1.82) is 0 Å². The van der Waals surface area contributed by atoms with Gasteiger partial charge < -0.3 is 19.9 Å². The largest absolute Gasteiger partial charge is 0.478 e. The number of hydrogen-bond donors (Lipinski definition) is 2. The lowest BCUT2D eigenvalue weighted by Crippen LogP contribution is -2.43. The lowest BCUT2D eigenvalue weighted by molar-refractivity contribution is -0.137. The Bertz CT molecular complexity index is 1210. The topological polar surface area (TPSA) is 91.6 Å². The number of halogens is 2. The standard InChI is InChI=1S/C23H21ClFN3O4/c24-18-3-1-2-16(22(18)25)11-26-20(29)12-28(17-6-7-17)21(30)13-27-9-8-14-4-5-15(23(31)32)10-19(14)27/h1-5,8-10,17H,6-7,11-13H2,(H,26,29)(H,31,32). The van der Waals surface area contributed by atoms with Gasteiger partial charge in [-0.05, 0) is 42.5 Å². The molecule has 32 heavy (non-hydrogen) atoms. The summed E-state index contributed by atoms with van der Waals surface area (Å²) in [5.74, 6) is -2.26. The molecule has 3 aromatic rings. The van der Waals surface area contributed by atoms with Crippen molar-refractivity contribution >= 4 is 40.3 Å². The molecule has 4 rings (SSSR count). The van der Waals surface area contributed by atoms with Crippen LogP contribution in [0.3, 0.4) is 0 Å². The van der Waals surface area contributed by atoms with E-state index in [0.29, 0.717) is 5.52 Å². The van der Waals surface area contributed by atoms with Crippen LogP contribution in [0.4, 0.5) is 4.39 Å². The second-order valence-electron chi connectivity index (χ2n) is 7.76. The summed E-state index contributed by atoms with van der Waals surface area (Å²) in [7, 11) is 0. The van der Waals surface area contributed by atoms with Gasteiger partial charge in [-0.25, -0.2) is 9.18 Å². The molecule has 0 spiro atoms. The van der Waals surface area contributed by atoms with Crippen LogP contribution in [0.15, 0.2) is 48.7 Å². The van der Waals surface area contributed by atoms with E-state index in [4.69, 9.17) is 11.6 Å². The van der Waals surface area contributed by atoms with Crippen LogP contribution >= 0.6 is 11.6 Å². The SMILES string of the molecule is O=C(CN(C(=O)Cn1ccc2ccc(C(=O)O)cc21)C1CC1)NCc1cccc(Cl)c1F. The van der Waals surface area contributed by atoms with Gasteiger partial charge in [0, 0.05) is 29.9 Å². The summed E-state index contributed by atoms with van der Waals surface area (Å²) in [4.78, 5) is 38.3. The minimum Gasteiger partial charge on any atom is -0.478 e. The van der Waals surface area contributed by atoms with Crippen LogP contribution in [0, 0.1) is 5.82 Å². The van der Waals surface area contributed by atoms with Crippen LogP contribution in [0.2, 0.25) is 5.02 Å². The number of carbonyl (C=O) groups is 3. The number of carboxylic acids is 1. The Kier molecular flexibility index (Phi) is 6.14. The van der Waals surface area contributed by atoms with Crippen molar-refractivity contribution in [2.45, 2.75) is 32.0 Å². The lowest BCUT2D eigenvalue weighted by Gasteiger charge is -2.22. The molecule has 7 nitrogen and oxygen atoms in total. The molecule has 1 aliphatic rings. The van der Waals surface area contributed by atoms with Gasteiger partial charge in [-0.2, -0.15) is 0 Å². The second-order valence-corrected chi connectivity index (χ2v) is 8.17. The van der Waals surface area contributed by atoms with Gasteiger partial charge in [-0.15, -0.1) is 0 Å². The summed E-state index contributed by atoms with van der Waals surface area (Å²) in [6.07, 6.45) is 3.36. The summed E-state index contributed by atoms with van der Waals surface area (Å²) < 4.78 is 15.7. The fourth-order valence-corrected chi connectivity index (χ4v) is 3.78. The van der Waals surface area contributed by atoms with Crippen molar-refractivity contribution in [3.05, 3.63) is 70.6 Å². The average molecular weight is 458 g/mol. The number of aromatic nitrogens is 1. The Hall–Kier alpha value is -3.39. The number of carbonyl (C=O) groups excluding carboxylic acids is 2. The van der Waals surface area contributed by atoms with E-state index in [0.717, 1.165) is 18.2 Å². The van der Waals surface area contributed by atoms with Crippen molar-refractivity contribution in [3.8, 4) is 0 Å². The van der Waals surface area contributed by atoms with Crippen molar-refractivity contribution in [1.82, 2.24) is 14.8 Å². The highest BCUT2D eigenvalue weighted by atomic mass is 35.5. The van der Waals surface area contributed by atoms with Crippen molar-refractivity contribution in [2.24, 2.45) is 0 Å². The molecule has 0 saturated heterocycles. The van der Waals surface area contributed by atoms with Gasteiger partial charge in [0.25, 0.3) is 0 Å². The molecular weight excluding hydrogens is 437 g/mol. The first-order valence-electron chi connectivity index (χ1n) is 10.1. The van der Waals surface area contributed by atoms with Crippen LogP contribution in [-0.4, -0.2) is 44.9 Å². The Balaban J connectivity index is 1.43. The number of nitrogens with one attached hydrogen (secondary N) is 1. The second kappa shape index (κ2) is 9.00. The number of aromatic carboxylic acids is 1. The van der Waals surface area contributed by atoms with Crippen LogP contribution in [-0.2, 0) is 22.7 Å². The van der Waals surface area contributed by atoms with Gasteiger partial charge in [-0.3, -0.25) is 9.59 Å². The third kappa shape index (κ3) is 4.75. The molecule has 0 aliphatic heterocycles. The fraction of sp³-hybridized carbons (Fsp3) is 0.261. The zero-order valence-electron chi connectivity index (χ0n) is 17.1. The Morgan fingerprint density at radius 2 is 1.97 bits per heavy atom. The highest BCUT2D eigenvalue weighted by Gasteiger charge is 2.34. The van der Waals surface area contributed by atoms with Crippen LogP contribution in [0.25, 0.3) is 10.9 Å². The molecule has 2 N–H and O–H groups in total. The fourth-order valence-electron chi connectivity index (χ4n) is 3.59. The molecule has 9 heteroatoms. The summed E-state index contributed by atoms with van der Waals surface area (Å²) in [6.45, 7) is -0.178. The number of benzene rings is 2. The van der Waals surface area contributed by atoms with Crippen LogP contribution in [0.5, 0.6) is 0 Å². The van der Waals surface area contributed by atoms with E-state index >= 15 is 0 Å². The first kappa shape index (κ1) is 21.8. The molecule has 1 fully saturated rings. The molecule has 0 bridgehead atoms. The predicted molar refractivity (Wildman–Crippen MR) is 117 cm³/mol. The summed E-state index contributed by atoms with van der Waals surface area (Å²) in [5, 5.41) is 12.7. The molecule has 1 aromatic heterocycles. The number of amides is 2. The third-order valence-corrected chi connectivity index (χ3v) is 5.75. The van der Waals surface area contributed by atoms with Gasteiger partial charge in [0.1, 0.15) is 12.4 Å². The quantitative estimate of drug-likeness (QED) is 0.542. The molecule has 2 amide bonds. The maximum Gasteiger partial charge on any atom is 0.335 e. The molecule has 1 heterocycles. The number of fused-ring (bicyclic) bond motifs is 1. The number of nitrogens with zero attached hydrogens (tertiary/aromatic N) is 2. The van der Waals surface area contributed by atoms with E-state index in [-0.39, 0.29) is 47.7 Å². The summed E-state index contributed by atoms with van der Waals surface area (Å²) in [5.41, 5.74) is 1.04. The minimum atomic E-state index is -1.04. The van der Waals surface area contributed by atoms with Gasteiger partial charge in [-0.1, -0.05) is 29.8 Å². The Labute approximate surface area is 188 Å². The van der Waals surface area contributed by atoms with Gasteiger partial charge in [0.05, 0.1) is 17.1 Å². The molecule has 0 atom stereocenters. The van der Waals surface area contributed by atoms with Crippen molar-refractivity contribution in [2.75, 3.05) is 6.54 Å². The van der Waals surface area contributed by atoms with E-state index in [1.165, 1.54) is 29.2 Å². The molecule has 1 saturated carbocycles. The van der Waals surface area contributed by atoms with Gasteiger partial charge in [0.15, 0.2) is 0 Å². The van der Waals surface area contributed by atoms with Gasteiger partial charge in [0.2, 0.25) is 11.8 Å². The van der Waals surface area contributed by atoms with Gasteiger partial charge >= 0.3 is 5.97 Å². The monoisotopic (exact) mass is 457 g/mol. The average Bonchev–Trinajstić information content (AvgIpc) is 3.54. The Morgan fingerprint density at radius 3 is 2.69 bits per heavy atom. The molecule has 0 radical (unpaired) electrons. The highest BCUT2D eigenvalue weighted by Crippen LogP contribution is 2.27. The Morgan fingerprint density at radius 1 is 1.19 bits per heavy atom. The molecular formula is C23H21ClFN3O4. The first-order valence-corrected chi connectivity index (χ1v) is 10.5. The smallest absolute Gasteiger partial charge is 0.335 e. The van der Waals surface area contributed by atoms with E-state index < -0.39 is 17.7 Å². The third-order valence-electron chi connectivity index (χ3n) is 5.46. The maximum absolute atomic E-state index is 14.0. The molecule has 0 unspecified atom stereocenters. The highest BCUT2D eigenvalue weighted by molar-refractivity contribution is 6.30. The molecule has 2 aromatic carbocycles. The zero-order valence-corrected chi connectivity index (χ0v) is 17.8. The van der Waals surface area contributed by atoms with Crippen molar-refractivity contribution < 1.29 is 23.9 Å². The molecule has 166 valence electrons. The van der Waals surface area contributed by atoms with Crippen LogP contribution < -0.4 is 5.32 Å². The number of hydrogen-bond acceptors (Lipinski definition) is 3. The predicted octanol–water partition coefficient (Wildman–Crippen LogP) is 3.44. The number of rotatable bonds is 8. The van der Waals surface area contributed by atoms with E-state index in [2.05, 4.69) is 5.32 Å². The van der Waals surface area contributed by atoms with Crippen LogP contribution in [0.1, 0.15) is 28.8 Å². The zero-order chi connectivity index (χ0) is 22.8. The maximum atomic E-state index is 14.0. The normalized spacial score (nSPS) is 13.2. The van der Waals surface area contributed by atoms with Crippen molar-refractivity contribution in [3.63, 3.8) is 0 Å².